The molecule has 0 radical (unpaired) electrons. The summed E-state index contributed by atoms with van der Waals surface area (Å²) >= 11 is 0. The Morgan fingerprint density at radius 1 is 1.44 bits per heavy atom. The monoisotopic (exact) mass is 241 g/mol. The molecule has 1 aromatic heterocycles. The second kappa shape index (κ2) is 5.15. The van der Waals surface area contributed by atoms with Crippen LogP contribution in [0.5, 0.6) is 0 Å². The maximum atomic E-state index is 11.9. The lowest BCUT2D eigenvalue weighted by Gasteiger charge is -2.07. The highest BCUT2D eigenvalue weighted by Gasteiger charge is 2.21. The Morgan fingerprint density at radius 2 is 2.17 bits per heavy atom. The molecule has 2 aromatic rings. The van der Waals surface area contributed by atoms with Crippen LogP contribution in [-0.4, -0.2) is 11.1 Å². The van der Waals surface area contributed by atoms with Crippen LogP contribution in [0.1, 0.15) is 17.2 Å². The Hall–Kier alpha value is -2.61. The fourth-order valence-electron chi connectivity index (χ4n) is 1.55. The number of hydrogen-bond acceptors (Lipinski definition) is 4. The molecule has 18 heavy (non-hydrogen) atoms. The first kappa shape index (κ1) is 11.9. The highest BCUT2D eigenvalue weighted by Crippen LogP contribution is 2.17. The molecule has 0 saturated carbocycles. The van der Waals surface area contributed by atoms with Crippen molar-refractivity contribution in [1.29, 1.82) is 5.26 Å². The molecule has 0 saturated heterocycles. The fourth-order valence-corrected chi connectivity index (χ4v) is 1.55. The molecule has 0 aliphatic rings. The topological polar surface area (TPSA) is 78.9 Å². The van der Waals surface area contributed by atoms with Gasteiger partial charge >= 0.3 is 0 Å². The van der Waals surface area contributed by atoms with Crippen LogP contribution in [0.25, 0.3) is 0 Å². The molecule has 1 aromatic carbocycles. The summed E-state index contributed by atoms with van der Waals surface area (Å²) in [7, 11) is 0. The zero-order valence-corrected chi connectivity index (χ0v) is 9.75. The standard InChI is InChI=1S/C13H11N3O2/c1-9-7-12(18-16-9)15-13(17)11(8-14)10-5-3-2-4-6-10/h2-7,11H,1H3,(H,15,17). The third-order valence-electron chi connectivity index (χ3n) is 2.40. The Morgan fingerprint density at radius 3 is 2.72 bits per heavy atom. The van der Waals surface area contributed by atoms with Gasteiger partial charge in [0.05, 0.1) is 11.8 Å². The summed E-state index contributed by atoms with van der Waals surface area (Å²) in [4.78, 5) is 11.9. The number of carbonyl (C=O) groups is 1. The maximum absolute atomic E-state index is 11.9. The van der Waals surface area contributed by atoms with E-state index in [0.717, 1.165) is 0 Å². The fraction of sp³-hybridized carbons (Fsp3) is 0.154. The van der Waals surface area contributed by atoms with Crippen LogP contribution in [0, 0.1) is 18.3 Å². The van der Waals surface area contributed by atoms with Gasteiger partial charge in [-0.3, -0.25) is 10.1 Å². The highest BCUT2D eigenvalue weighted by molar-refractivity contribution is 5.96. The van der Waals surface area contributed by atoms with Gasteiger partial charge in [-0.05, 0) is 12.5 Å². The zero-order valence-electron chi connectivity index (χ0n) is 9.75. The first-order valence-corrected chi connectivity index (χ1v) is 5.39. The first-order valence-electron chi connectivity index (χ1n) is 5.39. The number of aryl methyl sites for hydroxylation is 1. The van der Waals surface area contributed by atoms with Crippen molar-refractivity contribution in [1.82, 2.24) is 5.16 Å². The minimum absolute atomic E-state index is 0.244. The van der Waals surface area contributed by atoms with Gasteiger partial charge in [0.25, 0.3) is 0 Å². The molecule has 1 heterocycles. The van der Waals surface area contributed by atoms with Crippen LogP contribution >= 0.6 is 0 Å². The smallest absolute Gasteiger partial charge is 0.248 e. The number of benzene rings is 1. The van der Waals surface area contributed by atoms with E-state index in [-0.39, 0.29) is 5.88 Å². The molecular formula is C13H11N3O2. The van der Waals surface area contributed by atoms with Crippen molar-refractivity contribution >= 4 is 11.8 Å². The van der Waals surface area contributed by atoms with Gasteiger partial charge < -0.3 is 4.52 Å². The minimum Gasteiger partial charge on any atom is -0.338 e. The molecule has 5 heteroatoms. The lowest BCUT2D eigenvalue weighted by atomic mass is 10.00. The van der Waals surface area contributed by atoms with Crippen molar-refractivity contribution in [3.63, 3.8) is 0 Å². The maximum Gasteiger partial charge on any atom is 0.248 e. The van der Waals surface area contributed by atoms with Crippen LogP contribution in [0.15, 0.2) is 40.9 Å². The Kier molecular flexibility index (Phi) is 3.39. The summed E-state index contributed by atoms with van der Waals surface area (Å²) in [6.45, 7) is 1.75. The van der Waals surface area contributed by atoms with E-state index in [1.807, 2.05) is 12.1 Å². The van der Waals surface area contributed by atoms with Gasteiger partial charge in [0, 0.05) is 6.07 Å². The van der Waals surface area contributed by atoms with E-state index < -0.39 is 11.8 Å². The molecule has 0 aliphatic carbocycles. The summed E-state index contributed by atoms with van der Waals surface area (Å²) in [6, 6.07) is 12.4. The highest BCUT2D eigenvalue weighted by atomic mass is 16.5. The molecule has 1 N–H and O–H groups in total. The average molecular weight is 241 g/mol. The van der Waals surface area contributed by atoms with E-state index in [1.165, 1.54) is 0 Å². The van der Waals surface area contributed by atoms with Crippen LogP contribution in [-0.2, 0) is 4.79 Å². The van der Waals surface area contributed by atoms with Crippen molar-refractivity contribution in [3.8, 4) is 6.07 Å². The summed E-state index contributed by atoms with van der Waals surface area (Å²) in [5.74, 6) is -1.05. The van der Waals surface area contributed by atoms with Gasteiger partial charge in [-0.2, -0.15) is 5.26 Å². The molecule has 5 nitrogen and oxygen atoms in total. The molecule has 1 unspecified atom stereocenters. The quantitative estimate of drug-likeness (QED) is 0.893. The first-order chi connectivity index (χ1) is 8.70. The second-order valence-corrected chi connectivity index (χ2v) is 3.79. The number of nitriles is 1. The number of amides is 1. The number of hydrogen-bond donors (Lipinski definition) is 1. The van der Waals surface area contributed by atoms with Crippen LogP contribution in [0.2, 0.25) is 0 Å². The lowest BCUT2D eigenvalue weighted by molar-refractivity contribution is -0.116. The van der Waals surface area contributed by atoms with Gasteiger partial charge in [0.15, 0.2) is 5.92 Å². The summed E-state index contributed by atoms with van der Waals surface area (Å²) in [5.41, 5.74) is 1.31. The van der Waals surface area contributed by atoms with Crippen molar-refractivity contribution in [2.45, 2.75) is 12.8 Å². The molecule has 0 spiro atoms. The van der Waals surface area contributed by atoms with Gasteiger partial charge in [-0.25, -0.2) is 0 Å². The van der Waals surface area contributed by atoms with E-state index >= 15 is 0 Å². The van der Waals surface area contributed by atoms with Crippen molar-refractivity contribution < 1.29 is 9.32 Å². The molecule has 2 rings (SSSR count). The van der Waals surface area contributed by atoms with E-state index in [2.05, 4.69) is 10.5 Å². The predicted molar refractivity (Wildman–Crippen MR) is 64.7 cm³/mol. The van der Waals surface area contributed by atoms with Gasteiger partial charge in [0.2, 0.25) is 11.8 Å². The largest absolute Gasteiger partial charge is 0.338 e. The predicted octanol–water partition coefficient (Wildman–Crippen LogP) is 2.23. The number of anilines is 1. The van der Waals surface area contributed by atoms with E-state index in [1.54, 1.807) is 37.3 Å². The van der Waals surface area contributed by atoms with Crippen molar-refractivity contribution in [3.05, 3.63) is 47.7 Å². The number of carbonyl (C=O) groups excluding carboxylic acids is 1. The number of nitrogens with zero attached hydrogens (tertiary/aromatic N) is 2. The molecule has 0 fully saturated rings. The van der Waals surface area contributed by atoms with Crippen molar-refractivity contribution in [2.75, 3.05) is 5.32 Å². The molecule has 0 aliphatic heterocycles. The molecule has 1 amide bonds. The Bertz CT molecular complexity index is 584. The van der Waals surface area contributed by atoms with Crippen molar-refractivity contribution in [2.24, 2.45) is 0 Å². The zero-order chi connectivity index (χ0) is 13.0. The third-order valence-corrected chi connectivity index (χ3v) is 2.40. The molecular weight excluding hydrogens is 230 g/mol. The normalized spacial score (nSPS) is 11.6. The Balaban J connectivity index is 2.15. The third kappa shape index (κ3) is 2.55. The average Bonchev–Trinajstić information content (AvgIpc) is 2.77. The second-order valence-electron chi connectivity index (χ2n) is 3.79. The summed E-state index contributed by atoms with van der Waals surface area (Å²) in [5, 5.41) is 15.3. The lowest BCUT2D eigenvalue weighted by Crippen LogP contribution is -2.19. The Labute approximate surface area is 104 Å². The summed E-state index contributed by atoms with van der Waals surface area (Å²) < 4.78 is 4.87. The number of aromatic nitrogens is 1. The van der Waals surface area contributed by atoms with E-state index in [4.69, 9.17) is 9.78 Å². The van der Waals surface area contributed by atoms with Gasteiger partial charge in [-0.15, -0.1) is 0 Å². The minimum atomic E-state index is -0.864. The SMILES string of the molecule is Cc1cc(NC(=O)C(C#N)c2ccccc2)on1. The van der Waals surface area contributed by atoms with E-state index in [9.17, 15) is 4.79 Å². The molecule has 90 valence electrons. The molecule has 0 bridgehead atoms. The van der Waals surface area contributed by atoms with Crippen LogP contribution < -0.4 is 5.32 Å². The molecule has 1 atom stereocenters. The van der Waals surface area contributed by atoms with Crippen LogP contribution in [0.4, 0.5) is 5.88 Å². The number of rotatable bonds is 3. The van der Waals surface area contributed by atoms with Gasteiger partial charge in [-0.1, -0.05) is 35.5 Å². The van der Waals surface area contributed by atoms with E-state index in [0.29, 0.717) is 11.3 Å². The number of nitrogens with one attached hydrogen (secondary N) is 1. The van der Waals surface area contributed by atoms with Gasteiger partial charge in [0.1, 0.15) is 0 Å². The summed E-state index contributed by atoms with van der Waals surface area (Å²) in [6.07, 6.45) is 0. The van der Waals surface area contributed by atoms with Crippen LogP contribution in [0.3, 0.4) is 0 Å².